The highest BCUT2D eigenvalue weighted by atomic mass is 19.4. The van der Waals surface area contributed by atoms with Gasteiger partial charge in [-0.05, 0) is 31.2 Å². The van der Waals surface area contributed by atoms with Gasteiger partial charge in [-0.25, -0.2) is 4.79 Å². The monoisotopic (exact) mass is 275 g/mol. The third kappa shape index (κ3) is 4.13. The molecule has 4 nitrogen and oxygen atoms in total. The number of halogens is 3. The summed E-state index contributed by atoms with van der Waals surface area (Å²) in [5, 5.41) is 2.50. The highest BCUT2D eigenvalue weighted by Gasteiger charge is 2.30. The second-order valence-electron chi connectivity index (χ2n) is 4.20. The van der Waals surface area contributed by atoms with Crippen molar-refractivity contribution in [1.82, 2.24) is 4.90 Å². The van der Waals surface area contributed by atoms with Gasteiger partial charge >= 0.3 is 12.2 Å². The van der Waals surface area contributed by atoms with Crippen LogP contribution in [0.2, 0.25) is 0 Å². The SMILES string of the molecule is CC(CN)N(C)C(=O)Nc1ccc(C(F)(F)F)cc1. The number of anilines is 1. The summed E-state index contributed by atoms with van der Waals surface area (Å²) in [6, 6.07) is 3.68. The first-order valence-corrected chi connectivity index (χ1v) is 5.67. The van der Waals surface area contributed by atoms with Crippen LogP contribution in [0.25, 0.3) is 0 Å². The van der Waals surface area contributed by atoms with Gasteiger partial charge in [-0.15, -0.1) is 0 Å². The van der Waals surface area contributed by atoms with Crippen LogP contribution in [0.5, 0.6) is 0 Å². The molecule has 0 spiro atoms. The molecule has 3 N–H and O–H groups in total. The van der Waals surface area contributed by atoms with Gasteiger partial charge in [-0.1, -0.05) is 0 Å². The molecular weight excluding hydrogens is 259 g/mol. The largest absolute Gasteiger partial charge is 0.416 e. The number of alkyl halides is 3. The molecule has 1 atom stereocenters. The number of carbonyl (C=O) groups excluding carboxylic acids is 1. The lowest BCUT2D eigenvalue weighted by Gasteiger charge is -2.23. The minimum absolute atomic E-state index is 0.158. The Morgan fingerprint density at radius 2 is 1.89 bits per heavy atom. The van der Waals surface area contributed by atoms with Crippen LogP contribution in [-0.4, -0.2) is 30.6 Å². The molecule has 0 saturated carbocycles. The average Bonchev–Trinajstić information content (AvgIpc) is 2.36. The van der Waals surface area contributed by atoms with E-state index in [-0.39, 0.29) is 6.04 Å². The van der Waals surface area contributed by atoms with Crippen molar-refractivity contribution in [3.8, 4) is 0 Å². The van der Waals surface area contributed by atoms with Crippen molar-refractivity contribution in [2.45, 2.75) is 19.1 Å². The first-order chi connectivity index (χ1) is 8.75. The van der Waals surface area contributed by atoms with Crippen molar-refractivity contribution in [3.05, 3.63) is 29.8 Å². The maximum atomic E-state index is 12.4. The molecule has 1 unspecified atom stereocenters. The van der Waals surface area contributed by atoms with Crippen molar-refractivity contribution < 1.29 is 18.0 Å². The number of nitrogens with zero attached hydrogens (tertiary/aromatic N) is 1. The van der Waals surface area contributed by atoms with Gasteiger partial charge in [0, 0.05) is 25.3 Å². The van der Waals surface area contributed by atoms with Crippen molar-refractivity contribution in [2.75, 3.05) is 18.9 Å². The smallest absolute Gasteiger partial charge is 0.328 e. The van der Waals surface area contributed by atoms with Crippen LogP contribution in [0.1, 0.15) is 12.5 Å². The van der Waals surface area contributed by atoms with Crippen LogP contribution in [0, 0.1) is 0 Å². The van der Waals surface area contributed by atoms with E-state index in [9.17, 15) is 18.0 Å². The van der Waals surface area contributed by atoms with Gasteiger partial charge in [0.1, 0.15) is 0 Å². The lowest BCUT2D eigenvalue weighted by Crippen LogP contribution is -2.42. The lowest BCUT2D eigenvalue weighted by atomic mass is 10.2. The molecule has 0 saturated heterocycles. The fourth-order valence-electron chi connectivity index (χ4n) is 1.31. The van der Waals surface area contributed by atoms with Gasteiger partial charge in [0.25, 0.3) is 0 Å². The summed E-state index contributed by atoms with van der Waals surface area (Å²) in [4.78, 5) is 13.1. The fourth-order valence-corrected chi connectivity index (χ4v) is 1.31. The number of nitrogens with one attached hydrogen (secondary N) is 1. The third-order valence-corrected chi connectivity index (χ3v) is 2.79. The topological polar surface area (TPSA) is 58.4 Å². The molecule has 19 heavy (non-hydrogen) atoms. The van der Waals surface area contributed by atoms with E-state index in [0.717, 1.165) is 12.1 Å². The Morgan fingerprint density at radius 3 is 2.32 bits per heavy atom. The molecule has 0 aliphatic carbocycles. The molecule has 1 rings (SSSR count). The zero-order chi connectivity index (χ0) is 14.6. The summed E-state index contributed by atoms with van der Waals surface area (Å²) in [7, 11) is 1.57. The number of likely N-dealkylation sites (N-methyl/N-ethyl adjacent to an activating group) is 1. The minimum atomic E-state index is -4.38. The molecule has 0 bridgehead atoms. The molecular formula is C12H16F3N3O. The highest BCUT2D eigenvalue weighted by Crippen LogP contribution is 2.29. The molecule has 7 heteroatoms. The number of hydrogen-bond acceptors (Lipinski definition) is 2. The van der Waals surface area contributed by atoms with E-state index in [2.05, 4.69) is 5.32 Å². The van der Waals surface area contributed by atoms with E-state index in [4.69, 9.17) is 5.73 Å². The van der Waals surface area contributed by atoms with Gasteiger partial charge in [0.15, 0.2) is 0 Å². The first kappa shape index (κ1) is 15.3. The van der Waals surface area contributed by atoms with Gasteiger partial charge in [-0.2, -0.15) is 13.2 Å². The van der Waals surface area contributed by atoms with Gasteiger partial charge in [0.2, 0.25) is 0 Å². The third-order valence-electron chi connectivity index (χ3n) is 2.79. The predicted octanol–water partition coefficient (Wildman–Crippen LogP) is 2.52. The molecule has 106 valence electrons. The zero-order valence-corrected chi connectivity index (χ0v) is 10.7. The van der Waals surface area contributed by atoms with Gasteiger partial charge in [-0.3, -0.25) is 0 Å². The summed E-state index contributed by atoms with van der Waals surface area (Å²) < 4.78 is 37.1. The Labute approximate surface area is 109 Å². The van der Waals surface area contributed by atoms with Crippen molar-refractivity contribution in [2.24, 2.45) is 5.73 Å². The fraction of sp³-hybridized carbons (Fsp3) is 0.417. The van der Waals surface area contributed by atoms with Crippen LogP contribution in [0.15, 0.2) is 24.3 Å². The number of carbonyl (C=O) groups is 1. The van der Waals surface area contributed by atoms with Crippen molar-refractivity contribution >= 4 is 11.7 Å². The Bertz CT molecular complexity index is 431. The van der Waals surface area contributed by atoms with E-state index in [1.54, 1.807) is 14.0 Å². The van der Waals surface area contributed by atoms with Crippen LogP contribution in [-0.2, 0) is 6.18 Å². The average molecular weight is 275 g/mol. The summed E-state index contributed by atoms with van der Waals surface area (Å²) in [6.45, 7) is 2.07. The quantitative estimate of drug-likeness (QED) is 0.890. The Balaban J connectivity index is 2.71. The Hall–Kier alpha value is -1.76. The van der Waals surface area contributed by atoms with E-state index in [1.165, 1.54) is 17.0 Å². The molecule has 0 heterocycles. The van der Waals surface area contributed by atoms with Gasteiger partial charge in [0.05, 0.1) is 5.56 Å². The molecule has 0 aromatic heterocycles. The second kappa shape index (κ2) is 5.92. The molecule has 0 aliphatic rings. The van der Waals surface area contributed by atoms with E-state index in [1.807, 2.05) is 0 Å². The molecule has 1 aromatic carbocycles. The van der Waals surface area contributed by atoms with Crippen LogP contribution in [0.3, 0.4) is 0 Å². The predicted molar refractivity (Wildman–Crippen MR) is 66.7 cm³/mol. The van der Waals surface area contributed by atoms with Crippen molar-refractivity contribution in [3.63, 3.8) is 0 Å². The summed E-state index contributed by atoms with van der Waals surface area (Å²) >= 11 is 0. The maximum absolute atomic E-state index is 12.4. The summed E-state index contributed by atoms with van der Waals surface area (Å²) in [6.07, 6.45) is -4.38. The maximum Gasteiger partial charge on any atom is 0.416 e. The number of hydrogen-bond donors (Lipinski definition) is 2. The standard InChI is InChI=1S/C12H16F3N3O/c1-8(7-16)18(2)11(19)17-10-5-3-9(4-6-10)12(13,14)15/h3-6,8H,7,16H2,1-2H3,(H,17,19). The number of amides is 2. The molecule has 2 amide bonds. The van der Waals surface area contributed by atoms with E-state index in [0.29, 0.717) is 12.2 Å². The van der Waals surface area contributed by atoms with E-state index >= 15 is 0 Å². The second-order valence-corrected chi connectivity index (χ2v) is 4.20. The van der Waals surface area contributed by atoms with E-state index < -0.39 is 17.8 Å². The summed E-state index contributed by atoms with van der Waals surface area (Å²) in [5.74, 6) is 0. The summed E-state index contributed by atoms with van der Waals surface area (Å²) in [5.41, 5.74) is 4.97. The normalized spacial score (nSPS) is 12.9. The zero-order valence-electron chi connectivity index (χ0n) is 10.7. The van der Waals surface area contributed by atoms with Crippen LogP contribution >= 0.6 is 0 Å². The Morgan fingerprint density at radius 1 is 1.37 bits per heavy atom. The van der Waals surface area contributed by atoms with Crippen LogP contribution in [0.4, 0.5) is 23.7 Å². The molecule has 0 aliphatic heterocycles. The van der Waals surface area contributed by atoms with Gasteiger partial charge < -0.3 is 16.0 Å². The van der Waals surface area contributed by atoms with Crippen LogP contribution < -0.4 is 11.1 Å². The number of rotatable bonds is 3. The molecule has 0 radical (unpaired) electrons. The molecule has 1 aromatic rings. The molecule has 0 fully saturated rings. The Kier molecular flexibility index (Phi) is 4.77. The first-order valence-electron chi connectivity index (χ1n) is 5.67. The lowest BCUT2D eigenvalue weighted by molar-refractivity contribution is -0.137. The van der Waals surface area contributed by atoms with Crippen molar-refractivity contribution in [1.29, 1.82) is 0 Å². The highest BCUT2D eigenvalue weighted by molar-refractivity contribution is 5.89. The number of urea groups is 1. The minimum Gasteiger partial charge on any atom is -0.328 e. The number of benzene rings is 1. The number of nitrogens with two attached hydrogens (primary N) is 1.